The van der Waals surface area contributed by atoms with Gasteiger partial charge in [0.05, 0.1) is 0 Å². The maximum atomic E-state index is 12.6. The molecule has 1 aromatic carbocycles. The number of rotatable bonds is 8. The number of carbonyl (C=O) groups excluding carboxylic acids is 1. The Morgan fingerprint density at radius 3 is 2.46 bits per heavy atom. The monoisotopic (exact) mass is 328 g/mol. The van der Waals surface area contributed by atoms with Crippen molar-refractivity contribution in [2.24, 2.45) is 5.92 Å². The maximum Gasteiger partial charge on any atom is 0.225 e. The number of nitrogens with zero attached hydrogens (tertiary/aromatic N) is 2. The minimum atomic E-state index is 0.231. The molecule has 0 N–H and O–H groups in total. The lowest BCUT2D eigenvalue weighted by molar-refractivity contribution is -0.137. The van der Waals surface area contributed by atoms with Crippen LogP contribution in [0.3, 0.4) is 0 Å². The SMILES string of the molecule is CCCCC(CC)C(=O)N1CCN(CC=Cc2ccccc2)CC1. The molecule has 0 bridgehead atoms. The van der Waals surface area contributed by atoms with Crippen molar-refractivity contribution in [1.29, 1.82) is 0 Å². The van der Waals surface area contributed by atoms with Gasteiger partial charge >= 0.3 is 0 Å². The van der Waals surface area contributed by atoms with E-state index in [1.807, 2.05) is 6.07 Å². The lowest BCUT2D eigenvalue weighted by Crippen LogP contribution is -2.50. The molecule has 1 unspecified atom stereocenters. The first-order valence-electron chi connectivity index (χ1n) is 9.47. The van der Waals surface area contributed by atoms with Gasteiger partial charge in [-0.2, -0.15) is 0 Å². The molecule has 24 heavy (non-hydrogen) atoms. The molecular weight excluding hydrogens is 296 g/mol. The van der Waals surface area contributed by atoms with Crippen molar-refractivity contribution in [2.45, 2.75) is 39.5 Å². The second-order valence-corrected chi connectivity index (χ2v) is 6.69. The smallest absolute Gasteiger partial charge is 0.225 e. The highest BCUT2D eigenvalue weighted by molar-refractivity contribution is 5.78. The summed E-state index contributed by atoms with van der Waals surface area (Å²) in [6.45, 7) is 9.01. The molecule has 3 heteroatoms. The average molecular weight is 329 g/mol. The summed E-state index contributed by atoms with van der Waals surface area (Å²) in [4.78, 5) is 17.1. The number of piperazine rings is 1. The number of carbonyl (C=O) groups is 1. The van der Waals surface area contributed by atoms with E-state index >= 15 is 0 Å². The van der Waals surface area contributed by atoms with Gasteiger partial charge in [-0.1, -0.05) is 69.2 Å². The third kappa shape index (κ3) is 5.79. The quantitative estimate of drug-likeness (QED) is 0.718. The molecule has 1 heterocycles. The van der Waals surface area contributed by atoms with E-state index in [1.165, 1.54) is 12.0 Å². The Hall–Kier alpha value is -1.61. The van der Waals surface area contributed by atoms with Crippen LogP contribution in [-0.4, -0.2) is 48.4 Å². The zero-order valence-electron chi connectivity index (χ0n) is 15.3. The maximum absolute atomic E-state index is 12.6. The van der Waals surface area contributed by atoms with Crippen LogP contribution in [0.4, 0.5) is 0 Å². The second kappa shape index (κ2) is 10.3. The lowest BCUT2D eigenvalue weighted by Gasteiger charge is -2.36. The third-order valence-corrected chi connectivity index (χ3v) is 4.91. The highest BCUT2D eigenvalue weighted by atomic mass is 16.2. The minimum Gasteiger partial charge on any atom is -0.340 e. The molecule has 0 saturated carbocycles. The summed E-state index contributed by atoms with van der Waals surface area (Å²) in [6.07, 6.45) is 8.75. The molecule has 1 aromatic rings. The van der Waals surface area contributed by atoms with Crippen LogP contribution in [0.1, 0.15) is 45.1 Å². The van der Waals surface area contributed by atoms with Gasteiger partial charge in [0, 0.05) is 38.6 Å². The van der Waals surface area contributed by atoms with Crippen molar-refractivity contribution in [3.63, 3.8) is 0 Å². The Kier molecular flexibility index (Phi) is 8.03. The van der Waals surface area contributed by atoms with Gasteiger partial charge in [0.2, 0.25) is 5.91 Å². The first-order valence-corrected chi connectivity index (χ1v) is 9.47. The van der Waals surface area contributed by atoms with Crippen molar-refractivity contribution in [3.8, 4) is 0 Å². The fourth-order valence-electron chi connectivity index (χ4n) is 3.26. The van der Waals surface area contributed by atoms with Crippen LogP contribution in [0.5, 0.6) is 0 Å². The van der Waals surface area contributed by atoms with Crippen molar-refractivity contribution < 1.29 is 4.79 Å². The summed E-state index contributed by atoms with van der Waals surface area (Å²) < 4.78 is 0. The van der Waals surface area contributed by atoms with Gasteiger partial charge in [0.15, 0.2) is 0 Å². The van der Waals surface area contributed by atoms with Crippen LogP contribution in [0.15, 0.2) is 36.4 Å². The van der Waals surface area contributed by atoms with Crippen molar-refractivity contribution in [2.75, 3.05) is 32.7 Å². The number of hydrogen-bond donors (Lipinski definition) is 0. The molecule has 1 aliphatic heterocycles. The molecule has 1 fully saturated rings. The van der Waals surface area contributed by atoms with Gasteiger partial charge in [-0.3, -0.25) is 9.69 Å². The molecule has 1 aliphatic rings. The predicted molar refractivity (Wildman–Crippen MR) is 102 cm³/mol. The van der Waals surface area contributed by atoms with Crippen molar-refractivity contribution in [1.82, 2.24) is 9.80 Å². The standard InChI is InChI=1S/C21H32N2O/c1-3-5-13-20(4-2)21(24)23-17-15-22(16-18-23)14-9-12-19-10-7-6-8-11-19/h6-12,20H,3-5,13-18H2,1-2H3. The third-order valence-electron chi connectivity index (χ3n) is 4.91. The second-order valence-electron chi connectivity index (χ2n) is 6.69. The molecule has 0 spiro atoms. The van der Waals surface area contributed by atoms with E-state index in [0.29, 0.717) is 5.91 Å². The largest absolute Gasteiger partial charge is 0.340 e. The van der Waals surface area contributed by atoms with Gasteiger partial charge in [-0.15, -0.1) is 0 Å². The van der Waals surface area contributed by atoms with Gasteiger partial charge in [0.1, 0.15) is 0 Å². The fourth-order valence-corrected chi connectivity index (χ4v) is 3.26. The summed E-state index contributed by atoms with van der Waals surface area (Å²) in [5, 5.41) is 0. The number of amides is 1. The molecule has 3 nitrogen and oxygen atoms in total. The summed E-state index contributed by atoms with van der Waals surface area (Å²) in [5.41, 5.74) is 1.24. The topological polar surface area (TPSA) is 23.6 Å². The highest BCUT2D eigenvalue weighted by Gasteiger charge is 2.25. The van der Waals surface area contributed by atoms with E-state index in [-0.39, 0.29) is 5.92 Å². The van der Waals surface area contributed by atoms with Crippen LogP contribution in [0, 0.1) is 5.92 Å². The van der Waals surface area contributed by atoms with Crippen LogP contribution in [-0.2, 0) is 4.79 Å². The Morgan fingerprint density at radius 2 is 1.83 bits per heavy atom. The molecule has 0 aliphatic carbocycles. The normalized spacial score (nSPS) is 17.3. The molecular formula is C21H32N2O. The van der Waals surface area contributed by atoms with E-state index in [2.05, 4.69) is 60.1 Å². The number of hydrogen-bond acceptors (Lipinski definition) is 2. The highest BCUT2D eigenvalue weighted by Crippen LogP contribution is 2.17. The first kappa shape index (κ1) is 18.7. The average Bonchev–Trinajstić information content (AvgIpc) is 2.63. The molecule has 1 amide bonds. The zero-order chi connectivity index (χ0) is 17.2. The van der Waals surface area contributed by atoms with Crippen molar-refractivity contribution in [3.05, 3.63) is 42.0 Å². The molecule has 1 atom stereocenters. The van der Waals surface area contributed by atoms with Crippen LogP contribution in [0.2, 0.25) is 0 Å². The first-order chi connectivity index (χ1) is 11.7. The Balaban J connectivity index is 1.74. The van der Waals surface area contributed by atoms with E-state index in [0.717, 1.165) is 52.0 Å². The summed E-state index contributed by atoms with van der Waals surface area (Å²) in [6, 6.07) is 10.4. The van der Waals surface area contributed by atoms with E-state index in [4.69, 9.17) is 0 Å². The molecule has 0 radical (unpaired) electrons. The molecule has 132 valence electrons. The summed E-state index contributed by atoms with van der Waals surface area (Å²) in [5.74, 6) is 0.611. The van der Waals surface area contributed by atoms with Gasteiger partial charge in [-0.05, 0) is 18.4 Å². The fraction of sp³-hybridized carbons (Fsp3) is 0.571. The van der Waals surface area contributed by atoms with Crippen molar-refractivity contribution >= 4 is 12.0 Å². The number of unbranched alkanes of at least 4 members (excludes halogenated alkanes) is 1. The minimum absolute atomic E-state index is 0.231. The summed E-state index contributed by atoms with van der Waals surface area (Å²) in [7, 11) is 0. The number of benzene rings is 1. The van der Waals surface area contributed by atoms with Gasteiger partial charge < -0.3 is 4.90 Å². The zero-order valence-corrected chi connectivity index (χ0v) is 15.3. The lowest BCUT2D eigenvalue weighted by atomic mass is 9.97. The van der Waals surface area contributed by atoms with Gasteiger partial charge in [-0.25, -0.2) is 0 Å². The molecule has 2 rings (SSSR count). The Morgan fingerprint density at radius 1 is 1.12 bits per heavy atom. The Labute approximate surface area is 147 Å². The van der Waals surface area contributed by atoms with E-state index in [9.17, 15) is 4.79 Å². The van der Waals surface area contributed by atoms with Gasteiger partial charge in [0.25, 0.3) is 0 Å². The molecule has 1 saturated heterocycles. The van der Waals surface area contributed by atoms with E-state index < -0.39 is 0 Å². The van der Waals surface area contributed by atoms with E-state index in [1.54, 1.807) is 0 Å². The Bertz CT molecular complexity index is 504. The molecule has 0 aromatic heterocycles. The van der Waals surface area contributed by atoms with Crippen LogP contribution < -0.4 is 0 Å². The van der Waals surface area contributed by atoms with Crippen LogP contribution >= 0.6 is 0 Å². The summed E-state index contributed by atoms with van der Waals surface area (Å²) >= 11 is 0. The predicted octanol–water partition coefficient (Wildman–Crippen LogP) is 4.06. The van der Waals surface area contributed by atoms with Crippen LogP contribution in [0.25, 0.3) is 6.08 Å².